The van der Waals surface area contributed by atoms with Crippen LogP contribution in [0, 0.1) is 0 Å². The fraction of sp³-hybridized carbons (Fsp3) is 0.409. The van der Waals surface area contributed by atoms with Crippen molar-refractivity contribution in [2.45, 2.75) is 25.9 Å². The fourth-order valence-electron chi connectivity index (χ4n) is 3.35. The fourth-order valence-corrected chi connectivity index (χ4v) is 3.35. The SMILES string of the molecule is CN=C(NCCc1ccc2c(c1)CCO2)NCc1ccccc1CN(C)C. The van der Waals surface area contributed by atoms with Crippen LogP contribution in [0.2, 0.25) is 0 Å². The number of rotatable bonds is 7. The second kappa shape index (κ2) is 9.42. The first-order valence-corrected chi connectivity index (χ1v) is 9.56. The van der Waals surface area contributed by atoms with Gasteiger partial charge in [-0.1, -0.05) is 36.4 Å². The maximum absolute atomic E-state index is 5.57. The molecule has 0 bridgehead atoms. The summed E-state index contributed by atoms with van der Waals surface area (Å²) in [5, 5.41) is 6.84. The molecule has 1 aliphatic heterocycles. The summed E-state index contributed by atoms with van der Waals surface area (Å²) in [7, 11) is 6.00. The second-order valence-corrected chi connectivity index (χ2v) is 7.15. The van der Waals surface area contributed by atoms with Crippen molar-refractivity contribution in [1.29, 1.82) is 0 Å². The number of fused-ring (bicyclic) bond motifs is 1. The van der Waals surface area contributed by atoms with Crippen LogP contribution in [0.15, 0.2) is 47.5 Å². The van der Waals surface area contributed by atoms with Gasteiger partial charge in [-0.3, -0.25) is 4.99 Å². The highest BCUT2D eigenvalue weighted by Crippen LogP contribution is 2.25. The average Bonchev–Trinajstić information content (AvgIpc) is 3.13. The third-order valence-corrected chi connectivity index (χ3v) is 4.73. The van der Waals surface area contributed by atoms with Gasteiger partial charge in [-0.15, -0.1) is 0 Å². The van der Waals surface area contributed by atoms with Gasteiger partial charge >= 0.3 is 0 Å². The smallest absolute Gasteiger partial charge is 0.191 e. The predicted molar refractivity (Wildman–Crippen MR) is 111 cm³/mol. The van der Waals surface area contributed by atoms with Crippen LogP contribution in [-0.2, 0) is 25.9 Å². The van der Waals surface area contributed by atoms with Gasteiger partial charge in [0, 0.05) is 33.1 Å². The average molecular weight is 367 g/mol. The van der Waals surface area contributed by atoms with Crippen LogP contribution in [0.4, 0.5) is 0 Å². The van der Waals surface area contributed by atoms with Gasteiger partial charge < -0.3 is 20.3 Å². The van der Waals surface area contributed by atoms with Gasteiger partial charge in [0.1, 0.15) is 5.75 Å². The van der Waals surface area contributed by atoms with E-state index in [1.165, 1.54) is 22.3 Å². The van der Waals surface area contributed by atoms with Crippen molar-refractivity contribution in [2.24, 2.45) is 4.99 Å². The zero-order valence-corrected chi connectivity index (χ0v) is 16.6. The van der Waals surface area contributed by atoms with E-state index in [1.807, 2.05) is 7.05 Å². The van der Waals surface area contributed by atoms with Crippen LogP contribution in [0.3, 0.4) is 0 Å². The summed E-state index contributed by atoms with van der Waals surface area (Å²) < 4.78 is 5.57. The topological polar surface area (TPSA) is 48.9 Å². The lowest BCUT2D eigenvalue weighted by Gasteiger charge is -2.16. The minimum Gasteiger partial charge on any atom is -0.493 e. The Morgan fingerprint density at radius 2 is 1.93 bits per heavy atom. The maximum Gasteiger partial charge on any atom is 0.191 e. The molecule has 2 aromatic carbocycles. The van der Waals surface area contributed by atoms with Crippen molar-refractivity contribution in [3.63, 3.8) is 0 Å². The zero-order chi connectivity index (χ0) is 19.1. The molecule has 1 heterocycles. The minimum atomic E-state index is 0.764. The molecule has 0 saturated carbocycles. The number of hydrogen-bond donors (Lipinski definition) is 2. The normalized spacial score (nSPS) is 13.4. The summed E-state index contributed by atoms with van der Waals surface area (Å²) in [6.07, 6.45) is 1.98. The summed E-state index contributed by atoms with van der Waals surface area (Å²) in [5.41, 5.74) is 5.30. The van der Waals surface area contributed by atoms with Crippen molar-refractivity contribution >= 4 is 5.96 Å². The number of hydrogen-bond acceptors (Lipinski definition) is 3. The molecule has 5 heteroatoms. The van der Waals surface area contributed by atoms with E-state index in [0.29, 0.717) is 0 Å². The summed E-state index contributed by atoms with van der Waals surface area (Å²) in [4.78, 5) is 6.53. The molecular weight excluding hydrogens is 336 g/mol. The number of ether oxygens (including phenoxy) is 1. The highest BCUT2D eigenvalue weighted by atomic mass is 16.5. The van der Waals surface area contributed by atoms with Gasteiger partial charge in [0.2, 0.25) is 0 Å². The molecule has 27 heavy (non-hydrogen) atoms. The second-order valence-electron chi connectivity index (χ2n) is 7.15. The highest BCUT2D eigenvalue weighted by Gasteiger charge is 2.11. The first-order valence-electron chi connectivity index (χ1n) is 9.56. The lowest BCUT2D eigenvalue weighted by molar-refractivity contribution is 0.357. The standard InChI is InChI=1S/C22H30N4O/c1-23-22(25-15-19-6-4-5-7-20(19)16-26(2)3)24-12-10-17-8-9-21-18(14-17)11-13-27-21/h4-9,14H,10-13,15-16H2,1-3H3,(H2,23,24,25). The molecule has 2 aromatic rings. The van der Waals surface area contributed by atoms with Crippen LogP contribution < -0.4 is 15.4 Å². The minimum absolute atomic E-state index is 0.764. The number of nitrogens with one attached hydrogen (secondary N) is 2. The quantitative estimate of drug-likeness (QED) is 0.584. The van der Waals surface area contributed by atoms with Crippen molar-refractivity contribution < 1.29 is 4.74 Å². The third kappa shape index (κ3) is 5.47. The van der Waals surface area contributed by atoms with Crippen molar-refractivity contribution in [1.82, 2.24) is 15.5 Å². The van der Waals surface area contributed by atoms with Gasteiger partial charge in [-0.2, -0.15) is 0 Å². The van der Waals surface area contributed by atoms with E-state index >= 15 is 0 Å². The summed E-state index contributed by atoms with van der Waals surface area (Å²) >= 11 is 0. The van der Waals surface area contributed by atoms with Gasteiger partial charge in [0.05, 0.1) is 6.61 Å². The predicted octanol–water partition coefficient (Wildman–Crippen LogP) is 2.59. The van der Waals surface area contributed by atoms with E-state index in [4.69, 9.17) is 4.74 Å². The molecular formula is C22H30N4O. The molecule has 0 radical (unpaired) electrons. The van der Waals surface area contributed by atoms with Gasteiger partial charge in [0.15, 0.2) is 5.96 Å². The molecule has 1 aliphatic rings. The van der Waals surface area contributed by atoms with E-state index < -0.39 is 0 Å². The van der Waals surface area contributed by atoms with Crippen molar-refractivity contribution in [3.05, 3.63) is 64.7 Å². The van der Waals surface area contributed by atoms with Gasteiger partial charge in [0.25, 0.3) is 0 Å². The molecule has 0 amide bonds. The molecule has 5 nitrogen and oxygen atoms in total. The monoisotopic (exact) mass is 366 g/mol. The van der Waals surface area contributed by atoms with Gasteiger partial charge in [-0.25, -0.2) is 0 Å². The molecule has 0 atom stereocenters. The zero-order valence-electron chi connectivity index (χ0n) is 16.6. The van der Waals surface area contributed by atoms with Crippen molar-refractivity contribution in [2.75, 3.05) is 34.3 Å². The van der Waals surface area contributed by atoms with Gasteiger partial charge in [-0.05, 0) is 48.8 Å². The molecule has 0 fully saturated rings. The van der Waals surface area contributed by atoms with Crippen molar-refractivity contribution in [3.8, 4) is 5.75 Å². The Hall–Kier alpha value is -2.53. The number of benzene rings is 2. The Kier molecular flexibility index (Phi) is 6.71. The largest absolute Gasteiger partial charge is 0.493 e. The molecule has 0 unspecified atom stereocenters. The molecule has 0 spiro atoms. The Labute approximate surface area is 162 Å². The van der Waals surface area contributed by atoms with Crippen LogP contribution in [-0.4, -0.2) is 45.2 Å². The van der Waals surface area contributed by atoms with Crippen LogP contribution in [0.1, 0.15) is 22.3 Å². The summed E-state index contributed by atoms with van der Waals surface area (Å²) in [5.74, 6) is 1.87. The van der Waals surface area contributed by atoms with E-state index in [2.05, 4.69) is 77.1 Å². The first-order chi connectivity index (χ1) is 13.2. The van der Waals surface area contributed by atoms with Crippen LogP contribution in [0.25, 0.3) is 0 Å². The lowest BCUT2D eigenvalue weighted by atomic mass is 10.1. The molecule has 144 valence electrons. The maximum atomic E-state index is 5.57. The van der Waals surface area contributed by atoms with Crippen LogP contribution >= 0.6 is 0 Å². The molecule has 3 rings (SSSR count). The Morgan fingerprint density at radius 3 is 2.70 bits per heavy atom. The third-order valence-electron chi connectivity index (χ3n) is 4.73. The molecule has 0 aliphatic carbocycles. The van der Waals surface area contributed by atoms with E-state index in [0.717, 1.165) is 50.8 Å². The van der Waals surface area contributed by atoms with Crippen LogP contribution in [0.5, 0.6) is 5.75 Å². The van der Waals surface area contributed by atoms with E-state index in [1.54, 1.807) is 0 Å². The number of guanidine groups is 1. The molecule has 2 N–H and O–H groups in total. The number of nitrogens with zero attached hydrogens (tertiary/aromatic N) is 2. The Bertz CT molecular complexity index is 786. The lowest BCUT2D eigenvalue weighted by Crippen LogP contribution is -2.38. The Morgan fingerprint density at radius 1 is 1.11 bits per heavy atom. The highest BCUT2D eigenvalue weighted by molar-refractivity contribution is 5.79. The summed E-state index contributed by atoms with van der Waals surface area (Å²) in [6, 6.07) is 15.0. The summed E-state index contributed by atoms with van der Waals surface area (Å²) in [6.45, 7) is 3.35. The van der Waals surface area contributed by atoms with E-state index in [9.17, 15) is 0 Å². The number of aliphatic imine (C=N–C) groups is 1. The molecule has 0 aromatic heterocycles. The molecule has 0 saturated heterocycles. The Balaban J connectivity index is 1.49. The van der Waals surface area contributed by atoms with E-state index in [-0.39, 0.29) is 0 Å². The first kappa shape index (κ1) is 19.2.